The summed E-state index contributed by atoms with van der Waals surface area (Å²) in [6.45, 7) is 1.65. The van der Waals surface area contributed by atoms with E-state index in [0.29, 0.717) is 5.69 Å². The molecular formula is C14H11ClN2O3. The van der Waals surface area contributed by atoms with E-state index in [4.69, 9.17) is 11.6 Å². The van der Waals surface area contributed by atoms with E-state index in [0.717, 1.165) is 0 Å². The lowest BCUT2D eigenvalue weighted by Crippen LogP contribution is -2.13. The second-order valence-corrected chi connectivity index (χ2v) is 4.64. The minimum absolute atomic E-state index is 0.0719. The summed E-state index contributed by atoms with van der Waals surface area (Å²) in [7, 11) is 0. The van der Waals surface area contributed by atoms with Crippen LogP contribution in [0, 0.1) is 10.1 Å². The normalized spacial score (nSPS) is 11.9. The van der Waals surface area contributed by atoms with Crippen LogP contribution in [0.4, 0.5) is 5.69 Å². The number of nitro benzene ring substituents is 1. The van der Waals surface area contributed by atoms with E-state index in [2.05, 4.69) is 4.98 Å². The third kappa shape index (κ3) is 2.67. The standard InChI is InChI=1S/C14H11ClN2O3/c1-9(11-6-2-3-8-16-11)14(18)13-10(15)5-4-7-12(13)17(19)20/h2-9H,1H3. The van der Waals surface area contributed by atoms with Crippen molar-refractivity contribution in [3.8, 4) is 0 Å². The second kappa shape index (κ2) is 5.79. The molecule has 1 aromatic heterocycles. The van der Waals surface area contributed by atoms with Crippen LogP contribution in [-0.2, 0) is 0 Å². The largest absolute Gasteiger partial charge is 0.293 e. The van der Waals surface area contributed by atoms with Gasteiger partial charge in [0, 0.05) is 12.3 Å². The number of hydrogen-bond donors (Lipinski definition) is 0. The summed E-state index contributed by atoms with van der Waals surface area (Å²) in [5, 5.41) is 11.1. The molecule has 1 aromatic carbocycles. The highest BCUT2D eigenvalue weighted by Crippen LogP contribution is 2.31. The summed E-state index contributed by atoms with van der Waals surface area (Å²) >= 11 is 5.95. The van der Waals surface area contributed by atoms with Crippen LogP contribution in [0.15, 0.2) is 42.6 Å². The van der Waals surface area contributed by atoms with Gasteiger partial charge in [0.25, 0.3) is 5.69 Å². The van der Waals surface area contributed by atoms with Gasteiger partial charge in [-0.25, -0.2) is 0 Å². The van der Waals surface area contributed by atoms with E-state index in [1.165, 1.54) is 18.2 Å². The van der Waals surface area contributed by atoms with Crippen molar-refractivity contribution in [1.29, 1.82) is 0 Å². The highest BCUT2D eigenvalue weighted by atomic mass is 35.5. The highest BCUT2D eigenvalue weighted by molar-refractivity contribution is 6.34. The molecule has 0 amide bonds. The number of hydrogen-bond acceptors (Lipinski definition) is 4. The Morgan fingerprint density at radius 1 is 1.30 bits per heavy atom. The predicted octanol–water partition coefficient (Wildman–Crippen LogP) is 3.63. The lowest BCUT2D eigenvalue weighted by molar-refractivity contribution is -0.385. The first-order chi connectivity index (χ1) is 9.52. The number of nitrogens with zero attached hydrogens (tertiary/aromatic N) is 2. The fourth-order valence-electron chi connectivity index (χ4n) is 1.89. The number of nitro groups is 1. The minimum atomic E-state index is -0.607. The molecule has 1 unspecified atom stereocenters. The maximum absolute atomic E-state index is 12.5. The third-order valence-electron chi connectivity index (χ3n) is 2.96. The van der Waals surface area contributed by atoms with Crippen LogP contribution in [0.1, 0.15) is 28.9 Å². The zero-order valence-electron chi connectivity index (χ0n) is 10.6. The van der Waals surface area contributed by atoms with Gasteiger partial charge in [0.2, 0.25) is 0 Å². The number of aromatic nitrogens is 1. The van der Waals surface area contributed by atoms with Crippen molar-refractivity contribution in [3.63, 3.8) is 0 Å². The topological polar surface area (TPSA) is 73.1 Å². The van der Waals surface area contributed by atoms with Crippen molar-refractivity contribution in [1.82, 2.24) is 4.98 Å². The van der Waals surface area contributed by atoms with Gasteiger partial charge in [-0.1, -0.05) is 23.7 Å². The lowest BCUT2D eigenvalue weighted by Gasteiger charge is -2.11. The third-order valence-corrected chi connectivity index (χ3v) is 3.27. The van der Waals surface area contributed by atoms with Gasteiger partial charge in [-0.3, -0.25) is 19.9 Å². The average Bonchev–Trinajstić information content (AvgIpc) is 2.46. The van der Waals surface area contributed by atoms with Crippen molar-refractivity contribution in [3.05, 3.63) is 69.0 Å². The molecule has 2 rings (SSSR count). The molecule has 0 aliphatic rings. The number of carbonyl (C=O) groups excluding carboxylic acids is 1. The van der Waals surface area contributed by atoms with Gasteiger partial charge < -0.3 is 0 Å². The van der Waals surface area contributed by atoms with Crippen LogP contribution in [0.5, 0.6) is 0 Å². The number of Topliss-reactive ketones (excluding diaryl/α,β-unsaturated/α-hetero) is 1. The van der Waals surface area contributed by atoms with Gasteiger partial charge in [0.15, 0.2) is 5.78 Å². The van der Waals surface area contributed by atoms with Crippen molar-refractivity contribution >= 4 is 23.1 Å². The molecule has 0 saturated carbocycles. The fraction of sp³-hybridized carbons (Fsp3) is 0.143. The summed E-state index contributed by atoms with van der Waals surface area (Å²) in [4.78, 5) is 27.0. The van der Waals surface area contributed by atoms with E-state index in [1.807, 2.05) is 0 Å². The Hall–Kier alpha value is -2.27. The summed E-state index contributed by atoms with van der Waals surface area (Å²) < 4.78 is 0. The molecule has 0 saturated heterocycles. The number of pyridine rings is 1. The molecule has 0 radical (unpaired) electrons. The van der Waals surface area contributed by atoms with Gasteiger partial charge in [-0.2, -0.15) is 0 Å². The molecule has 1 atom stereocenters. The Morgan fingerprint density at radius 3 is 2.65 bits per heavy atom. The quantitative estimate of drug-likeness (QED) is 0.489. The van der Waals surface area contributed by atoms with Crippen LogP contribution in [-0.4, -0.2) is 15.7 Å². The van der Waals surface area contributed by atoms with Gasteiger partial charge in [-0.05, 0) is 25.1 Å². The fourth-order valence-corrected chi connectivity index (χ4v) is 2.15. The highest BCUT2D eigenvalue weighted by Gasteiger charge is 2.28. The van der Waals surface area contributed by atoms with Crippen LogP contribution in [0.3, 0.4) is 0 Å². The Balaban J connectivity index is 2.47. The summed E-state index contributed by atoms with van der Waals surface area (Å²) in [6.07, 6.45) is 1.57. The number of ketones is 1. The van der Waals surface area contributed by atoms with Crippen LogP contribution in [0.2, 0.25) is 5.02 Å². The van der Waals surface area contributed by atoms with Gasteiger partial charge in [0.1, 0.15) is 5.56 Å². The predicted molar refractivity (Wildman–Crippen MR) is 75.1 cm³/mol. The van der Waals surface area contributed by atoms with Gasteiger partial charge in [-0.15, -0.1) is 0 Å². The first kappa shape index (κ1) is 14.1. The van der Waals surface area contributed by atoms with Crippen molar-refractivity contribution < 1.29 is 9.72 Å². The Morgan fingerprint density at radius 2 is 2.05 bits per heavy atom. The monoisotopic (exact) mass is 290 g/mol. The van der Waals surface area contributed by atoms with Crippen molar-refractivity contribution in [2.24, 2.45) is 0 Å². The molecule has 0 aliphatic heterocycles. The number of rotatable bonds is 4. The first-order valence-electron chi connectivity index (χ1n) is 5.90. The summed E-state index contributed by atoms with van der Waals surface area (Å²) in [5.74, 6) is -1.02. The average molecular weight is 291 g/mol. The molecular weight excluding hydrogens is 280 g/mol. The molecule has 0 aliphatic carbocycles. The maximum atomic E-state index is 12.5. The Bertz CT molecular complexity index is 659. The molecule has 2 aromatic rings. The van der Waals surface area contributed by atoms with E-state index < -0.39 is 16.6 Å². The van der Waals surface area contributed by atoms with E-state index in [-0.39, 0.29) is 16.3 Å². The Labute approximate surface area is 120 Å². The van der Waals surface area contributed by atoms with Gasteiger partial charge in [0.05, 0.1) is 21.6 Å². The molecule has 6 heteroatoms. The van der Waals surface area contributed by atoms with Crippen LogP contribution < -0.4 is 0 Å². The Kier molecular flexibility index (Phi) is 4.10. The molecule has 0 N–H and O–H groups in total. The SMILES string of the molecule is CC(C(=O)c1c(Cl)cccc1[N+](=O)[O-])c1ccccn1. The maximum Gasteiger partial charge on any atom is 0.281 e. The molecule has 1 heterocycles. The molecule has 0 fully saturated rings. The molecule has 5 nitrogen and oxygen atoms in total. The molecule has 0 spiro atoms. The summed E-state index contributed by atoms with van der Waals surface area (Å²) in [6, 6.07) is 9.37. The van der Waals surface area contributed by atoms with E-state index >= 15 is 0 Å². The molecule has 20 heavy (non-hydrogen) atoms. The summed E-state index contributed by atoms with van der Waals surface area (Å²) in [5.41, 5.74) is 0.189. The lowest BCUT2D eigenvalue weighted by atomic mass is 9.95. The minimum Gasteiger partial charge on any atom is -0.293 e. The van der Waals surface area contributed by atoms with E-state index in [9.17, 15) is 14.9 Å². The zero-order valence-corrected chi connectivity index (χ0v) is 11.4. The number of halogens is 1. The molecule has 0 bridgehead atoms. The first-order valence-corrected chi connectivity index (χ1v) is 6.28. The number of carbonyl (C=O) groups is 1. The van der Waals surface area contributed by atoms with Crippen LogP contribution >= 0.6 is 11.6 Å². The zero-order chi connectivity index (χ0) is 14.7. The van der Waals surface area contributed by atoms with Crippen molar-refractivity contribution in [2.45, 2.75) is 12.8 Å². The van der Waals surface area contributed by atoms with Crippen molar-refractivity contribution in [2.75, 3.05) is 0 Å². The second-order valence-electron chi connectivity index (χ2n) is 4.23. The van der Waals surface area contributed by atoms with Crippen LogP contribution in [0.25, 0.3) is 0 Å². The molecule has 102 valence electrons. The smallest absolute Gasteiger partial charge is 0.281 e. The van der Waals surface area contributed by atoms with E-state index in [1.54, 1.807) is 31.3 Å². The number of benzene rings is 1. The van der Waals surface area contributed by atoms with Gasteiger partial charge >= 0.3 is 0 Å².